The van der Waals surface area contributed by atoms with E-state index in [4.69, 9.17) is 4.74 Å². The molecule has 0 radical (unpaired) electrons. The Hall–Kier alpha value is -3.60. The highest BCUT2D eigenvalue weighted by Crippen LogP contribution is 2.20. The van der Waals surface area contributed by atoms with Gasteiger partial charge < -0.3 is 15.0 Å². The van der Waals surface area contributed by atoms with E-state index in [1.807, 2.05) is 66.7 Å². The number of ether oxygens (including phenoxy) is 1. The molecular weight excluding hydrogens is 448 g/mol. The quantitative estimate of drug-likeness (QED) is 0.348. The standard InChI is InChI=1S/C31H38N2O3/c1-5-6-17-32-31(35)29(20-25-11-8-7-9-12-25)33(22-27-13-10-14-28(19-27)36-4)30(34)21-26-16-15-23(2)24(3)18-26/h7-16,18-19,29H,5-6,17,20-22H2,1-4H3,(H,32,35). The van der Waals surface area contributed by atoms with Gasteiger partial charge >= 0.3 is 0 Å². The van der Waals surface area contributed by atoms with Gasteiger partial charge in [-0.15, -0.1) is 0 Å². The van der Waals surface area contributed by atoms with Crippen molar-refractivity contribution in [3.05, 3.63) is 101 Å². The Morgan fingerprint density at radius 1 is 0.889 bits per heavy atom. The van der Waals surface area contributed by atoms with Crippen LogP contribution in [0.2, 0.25) is 0 Å². The minimum Gasteiger partial charge on any atom is -0.497 e. The lowest BCUT2D eigenvalue weighted by Crippen LogP contribution is -2.51. The van der Waals surface area contributed by atoms with Crippen molar-refractivity contribution < 1.29 is 14.3 Å². The Kier molecular flexibility index (Phi) is 10.1. The minimum absolute atomic E-state index is 0.0763. The van der Waals surface area contributed by atoms with Gasteiger partial charge in [-0.05, 0) is 60.2 Å². The molecule has 0 bridgehead atoms. The van der Waals surface area contributed by atoms with Crippen LogP contribution in [0, 0.1) is 13.8 Å². The van der Waals surface area contributed by atoms with Crippen LogP contribution in [0.4, 0.5) is 0 Å². The highest BCUT2D eigenvalue weighted by Gasteiger charge is 2.30. The lowest BCUT2D eigenvalue weighted by atomic mass is 10.00. The van der Waals surface area contributed by atoms with E-state index in [-0.39, 0.29) is 18.2 Å². The number of amides is 2. The number of hydrogen-bond donors (Lipinski definition) is 1. The average molecular weight is 487 g/mol. The first-order valence-electron chi connectivity index (χ1n) is 12.7. The number of nitrogens with one attached hydrogen (secondary N) is 1. The summed E-state index contributed by atoms with van der Waals surface area (Å²) in [4.78, 5) is 29.1. The summed E-state index contributed by atoms with van der Waals surface area (Å²) in [6.07, 6.45) is 2.57. The Balaban J connectivity index is 1.96. The Morgan fingerprint density at radius 3 is 2.33 bits per heavy atom. The van der Waals surface area contributed by atoms with Crippen LogP contribution in [0.15, 0.2) is 72.8 Å². The molecule has 5 nitrogen and oxygen atoms in total. The summed E-state index contributed by atoms with van der Waals surface area (Å²) in [6.45, 7) is 7.12. The number of rotatable bonds is 12. The van der Waals surface area contributed by atoms with E-state index in [1.165, 1.54) is 5.56 Å². The zero-order valence-corrected chi connectivity index (χ0v) is 21.9. The lowest BCUT2D eigenvalue weighted by Gasteiger charge is -2.32. The van der Waals surface area contributed by atoms with E-state index in [0.717, 1.165) is 40.8 Å². The van der Waals surface area contributed by atoms with Gasteiger partial charge in [-0.1, -0.05) is 74.0 Å². The Labute approximate surface area is 215 Å². The second kappa shape index (κ2) is 13.5. The van der Waals surface area contributed by atoms with Gasteiger partial charge in [0.05, 0.1) is 13.5 Å². The zero-order valence-electron chi connectivity index (χ0n) is 21.9. The van der Waals surface area contributed by atoms with Crippen LogP contribution < -0.4 is 10.1 Å². The first-order valence-corrected chi connectivity index (χ1v) is 12.7. The maximum absolute atomic E-state index is 13.8. The van der Waals surface area contributed by atoms with Gasteiger partial charge in [0.15, 0.2) is 0 Å². The van der Waals surface area contributed by atoms with E-state index in [2.05, 4.69) is 32.2 Å². The maximum atomic E-state index is 13.8. The van der Waals surface area contributed by atoms with Crippen LogP contribution in [0.25, 0.3) is 0 Å². The van der Waals surface area contributed by atoms with Crippen LogP contribution in [0.1, 0.15) is 47.6 Å². The van der Waals surface area contributed by atoms with Crippen molar-refractivity contribution >= 4 is 11.8 Å². The summed E-state index contributed by atoms with van der Waals surface area (Å²) in [5.41, 5.74) is 5.23. The van der Waals surface area contributed by atoms with E-state index >= 15 is 0 Å². The lowest BCUT2D eigenvalue weighted by molar-refractivity contribution is -0.140. The van der Waals surface area contributed by atoms with E-state index in [1.54, 1.807) is 12.0 Å². The van der Waals surface area contributed by atoms with E-state index < -0.39 is 6.04 Å². The summed E-state index contributed by atoms with van der Waals surface area (Å²) in [6, 6.07) is 23.0. The molecule has 0 aromatic heterocycles. The molecule has 0 heterocycles. The third kappa shape index (κ3) is 7.70. The largest absolute Gasteiger partial charge is 0.497 e. The molecule has 36 heavy (non-hydrogen) atoms. The van der Waals surface area contributed by atoms with Crippen LogP contribution in [0.3, 0.4) is 0 Å². The average Bonchev–Trinajstić information content (AvgIpc) is 2.89. The molecule has 0 aliphatic rings. The van der Waals surface area contributed by atoms with Crippen molar-refractivity contribution in [1.82, 2.24) is 10.2 Å². The molecule has 0 spiro atoms. The molecule has 5 heteroatoms. The van der Waals surface area contributed by atoms with Crippen molar-refractivity contribution in [1.29, 1.82) is 0 Å². The van der Waals surface area contributed by atoms with Gasteiger partial charge in [0.2, 0.25) is 11.8 Å². The number of benzene rings is 3. The molecule has 0 saturated heterocycles. The molecule has 0 saturated carbocycles. The third-order valence-electron chi connectivity index (χ3n) is 6.51. The summed E-state index contributed by atoms with van der Waals surface area (Å²) < 4.78 is 5.40. The number of hydrogen-bond acceptors (Lipinski definition) is 3. The molecule has 0 aliphatic carbocycles. The molecule has 0 aliphatic heterocycles. The molecule has 190 valence electrons. The van der Waals surface area contributed by atoms with Gasteiger partial charge in [-0.2, -0.15) is 0 Å². The van der Waals surface area contributed by atoms with Crippen molar-refractivity contribution in [3.8, 4) is 5.75 Å². The highest BCUT2D eigenvalue weighted by atomic mass is 16.5. The van der Waals surface area contributed by atoms with Crippen molar-refractivity contribution in [2.75, 3.05) is 13.7 Å². The fourth-order valence-corrected chi connectivity index (χ4v) is 4.22. The first-order chi connectivity index (χ1) is 17.4. The first kappa shape index (κ1) is 27.0. The number of unbranched alkanes of at least 4 members (excludes halogenated alkanes) is 1. The monoisotopic (exact) mass is 486 g/mol. The predicted molar refractivity (Wildman–Crippen MR) is 145 cm³/mol. The highest BCUT2D eigenvalue weighted by molar-refractivity contribution is 5.88. The number of nitrogens with zero attached hydrogens (tertiary/aromatic N) is 1. The third-order valence-corrected chi connectivity index (χ3v) is 6.51. The maximum Gasteiger partial charge on any atom is 0.243 e. The number of carbonyl (C=O) groups is 2. The van der Waals surface area contributed by atoms with Crippen LogP contribution in [-0.2, 0) is 29.0 Å². The number of aryl methyl sites for hydroxylation is 2. The molecular formula is C31H38N2O3. The van der Waals surface area contributed by atoms with Gasteiger partial charge in [0.1, 0.15) is 11.8 Å². The van der Waals surface area contributed by atoms with Crippen molar-refractivity contribution in [2.24, 2.45) is 0 Å². The van der Waals surface area contributed by atoms with Crippen LogP contribution in [0.5, 0.6) is 5.75 Å². The summed E-state index contributed by atoms with van der Waals surface area (Å²) >= 11 is 0. The molecule has 2 amide bonds. The molecule has 3 rings (SSSR count). The summed E-state index contributed by atoms with van der Waals surface area (Å²) in [7, 11) is 1.63. The van der Waals surface area contributed by atoms with Crippen LogP contribution >= 0.6 is 0 Å². The van der Waals surface area contributed by atoms with E-state index in [9.17, 15) is 9.59 Å². The Morgan fingerprint density at radius 2 is 1.64 bits per heavy atom. The predicted octanol–water partition coefficient (Wildman–Crippen LogP) is 5.41. The molecule has 1 atom stereocenters. The van der Waals surface area contributed by atoms with Crippen molar-refractivity contribution in [2.45, 2.75) is 59.0 Å². The number of methoxy groups -OCH3 is 1. The topological polar surface area (TPSA) is 58.6 Å². The van der Waals surface area contributed by atoms with Crippen LogP contribution in [-0.4, -0.2) is 36.4 Å². The van der Waals surface area contributed by atoms with Gasteiger partial charge in [-0.25, -0.2) is 0 Å². The SMILES string of the molecule is CCCCNC(=O)C(Cc1ccccc1)N(Cc1cccc(OC)c1)C(=O)Cc1ccc(C)c(C)c1. The second-order valence-electron chi connectivity index (χ2n) is 9.32. The fourth-order valence-electron chi connectivity index (χ4n) is 4.22. The minimum atomic E-state index is -0.630. The van der Waals surface area contributed by atoms with Gasteiger partial charge in [-0.3, -0.25) is 9.59 Å². The second-order valence-corrected chi connectivity index (χ2v) is 9.32. The molecule has 1 N–H and O–H groups in total. The molecule has 1 unspecified atom stereocenters. The fraction of sp³-hybridized carbons (Fsp3) is 0.355. The summed E-state index contributed by atoms with van der Waals surface area (Å²) in [5.74, 6) is 0.525. The normalized spacial score (nSPS) is 11.6. The Bertz CT molecular complexity index is 1140. The van der Waals surface area contributed by atoms with Gasteiger partial charge in [0, 0.05) is 19.5 Å². The molecule has 3 aromatic rings. The molecule has 0 fully saturated rings. The van der Waals surface area contributed by atoms with E-state index in [0.29, 0.717) is 19.5 Å². The van der Waals surface area contributed by atoms with Gasteiger partial charge in [0.25, 0.3) is 0 Å². The zero-order chi connectivity index (χ0) is 25.9. The number of carbonyl (C=O) groups excluding carboxylic acids is 2. The molecule has 3 aromatic carbocycles. The summed E-state index contributed by atoms with van der Waals surface area (Å²) in [5, 5.41) is 3.07. The smallest absolute Gasteiger partial charge is 0.243 e. The van der Waals surface area contributed by atoms with Crippen molar-refractivity contribution in [3.63, 3.8) is 0 Å².